The Morgan fingerprint density at radius 1 is 1.25 bits per heavy atom. The Morgan fingerprint density at radius 3 is 2.72 bits per heavy atom. The molecular formula is C23H23FN4O4. The number of nitrogens with zero attached hydrogens (tertiary/aromatic N) is 3. The van der Waals surface area contributed by atoms with Gasteiger partial charge >= 0.3 is 0 Å². The number of aliphatic hydroxyl groups excluding tert-OH is 1. The van der Waals surface area contributed by atoms with Crippen molar-refractivity contribution in [3.63, 3.8) is 0 Å². The van der Waals surface area contributed by atoms with Gasteiger partial charge in [-0.25, -0.2) is 9.37 Å². The largest absolute Gasteiger partial charge is 0.486 e. The standard InChI is InChI=1S/C23H23FN4O4/c24-18-12-28(22(30)13-29)8-6-20(18)32-19-4-3-15(9-17(19)11-25)16-5-7-26-21(10-16)27-23(31)14-1-2-14/h3-5,7,9-10,14,18,20,29H,1-2,6,8,12-13H2,(H,26,27,31)/t18-,20+/m1/s1. The van der Waals surface area contributed by atoms with Gasteiger partial charge in [0.05, 0.1) is 12.1 Å². The number of carbonyl (C=O) groups is 2. The maximum Gasteiger partial charge on any atom is 0.248 e. The van der Waals surface area contributed by atoms with Crippen molar-refractivity contribution in [1.82, 2.24) is 9.88 Å². The first-order chi connectivity index (χ1) is 15.5. The van der Waals surface area contributed by atoms with Gasteiger partial charge in [-0.05, 0) is 48.2 Å². The highest BCUT2D eigenvalue weighted by atomic mass is 19.1. The number of anilines is 1. The van der Waals surface area contributed by atoms with Crippen LogP contribution in [0.2, 0.25) is 0 Å². The van der Waals surface area contributed by atoms with Gasteiger partial charge in [-0.1, -0.05) is 6.07 Å². The minimum atomic E-state index is -1.43. The molecule has 4 rings (SSSR count). The first-order valence-corrected chi connectivity index (χ1v) is 10.5. The van der Waals surface area contributed by atoms with Crippen molar-refractivity contribution in [2.45, 2.75) is 31.5 Å². The van der Waals surface area contributed by atoms with Gasteiger partial charge in [0.1, 0.15) is 30.3 Å². The molecule has 1 saturated heterocycles. The van der Waals surface area contributed by atoms with Crippen LogP contribution in [-0.2, 0) is 9.59 Å². The molecule has 0 spiro atoms. The Hall–Kier alpha value is -3.51. The number of hydrogen-bond donors (Lipinski definition) is 2. The molecule has 1 aromatic heterocycles. The van der Waals surface area contributed by atoms with Crippen LogP contribution >= 0.6 is 0 Å². The lowest BCUT2D eigenvalue weighted by Gasteiger charge is -2.34. The fraction of sp³-hybridized carbons (Fsp3) is 0.391. The predicted octanol–water partition coefficient (Wildman–Crippen LogP) is 2.28. The number of nitriles is 1. The van der Waals surface area contributed by atoms with Gasteiger partial charge < -0.3 is 20.1 Å². The Bertz CT molecular complexity index is 1070. The molecule has 1 aliphatic heterocycles. The van der Waals surface area contributed by atoms with Gasteiger partial charge in [0.2, 0.25) is 11.8 Å². The zero-order valence-corrected chi connectivity index (χ0v) is 17.3. The molecule has 2 N–H and O–H groups in total. The molecule has 9 heteroatoms. The first-order valence-electron chi connectivity index (χ1n) is 10.5. The second kappa shape index (κ2) is 9.32. The lowest BCUT2D eigenvalue weighted by molar-refractivity contribution is -0.138. The van der Waals surface area contributed by atoms with Crippen LogP contribution in [0.25, 0.3) is 11.1 Å². The summed E-state index contributed by atoms with van der Waals surface area (Å²) in [5.41, 5.74) is 1.76. The van der Waals surface area contributed by atoms with Crippen LogP contribution in [0, 0.1) is 17.2 Å². The summed E-state index contributed by atoms with van der Waals surface area (Å²) in [6, 6.07) is 10.6. The summed E-state index contributed by atoms with van der Waals surface area (Å²) in [6.45, 7) is -0.535. The lowest BCUT2D eigenvalue weighted by Crippen LogP contribution is -2.50. The minimum absolute atomic E-state index is 0.0383. The molecule has 0 unspecified atom stereocenters. The van der Waals surface area contributed by atoms with E-state index in [-0.39, 0.29) is 42.6 Å². The molecule has 1 aliphatic carbocycles. The fourth-order valence-electron chi connectivity index (χ4n) is 3.66. The van der Waals surface area contributed by atoms with Crippen molar-refractivity contribution in [3.05, 3.63) is 42.1 Å². The zero-order valence-electron chi connectivity index (χ0n) is 17.3. The molecule has 1 saturated carbocycles. The number of nitrogens with one attached hydrogen (secondary N) is 1. The Kier molecular flexibility index (Phi) is 6.32. The van der Waals surface area contributed by atoms with E-state index in [4.69, 9.17) is 9.84 Å². The molecular weight excluding hydrogens is 415 g/mol. The van der Waals surface area contributed by atoms with Gasteiger partial charge in [-0.2, -0.15) is 5.26 Å². The van der Waals surface area contributed by atoms with Crippen LogP contribution < -0.4 is 10.1 Å². The molecule has 1 aromatic carbocycles. The number of aliphatic hydroxyl groups is 1. The third-order valence-corrected chi connectivity index (χ3v) is 5.64. The normalized spacial score (nSPS) is 20.3. The van der Waals surface area contributed by atoms with Crippen LogP contribution in [0.15, 0.2) is 36.5 Å². The molecule has 8 nitrogen and oxygen atoms in total. The number of ether oxygens (including phenoxy) is 1. The monoisotopic (exact) mass is 438 g/mol. The molecule has 2 aliphatic rings. The van der Waals surface area contributed by atoms with E-state index in [9.17, 15) is 19.2 Å². The quantitative estimate of drug-likeness (QED) is 0.715. The summed E-state index contributed by atoms with van der Waals surface area (Å²) in [5, 5.41) is 21.3. The molecule has 0 radical (unpaired) electrons. The first kappa shape index (κ1) is 21.7. The maximum atomic E-state index is 14.5. The third kappa shape index (κ3) is 4.86. The van der Waals surface area contributed by atoms with E-state index in [0.29, 0.717) is 5.82 Å². The highest BCUT2D eigenvalue weighted by Gasteiger charge is 2.33. The number of rotatable bonds is 6. The highest BCUT2D eigenvalue weighted by molar-refractivity contribution is 5.93. The van der Waals surface area contributed by atoms with Gasteiger partial charge in [0.15, 0.2) is 6.17 Å². The summed E-state index contributed by atoms with van der Waals surface area (Å²) >= 11 is 0. The van der Waals surface area contributed by atoms with Crippen LogP contribution in [-0.4, -0.2) is 58.8 Å². The summed E-state index contributed by atoms with van der Waals surface area (Å²) in [6.07, 6.45) is 1.42. The van der Waals surface area contributed by atoms with Gasteiger partial charge in [0, 0.05) is 25.1 Å². The number of benzene rings is 1. The van der Waals surface area contributed by atoms with Crippen molar-refractivity contribution in [2.24, 2.45) is 5.92 Å². The second-order valence-corrected chi connectivity index (χ2v) is 7.97. The summed E-state index contributed by atoms with van der Waals surface area (Å²) < 4.78 is 20.3. The summed E-state index contributed by atoms with van der Waals surface area (Å²) in [4.78, 5) is 29.0. The van der Waals surface area contributed by atoms with Gasteiger partial charge in [-0.15, -0.1) is 0 Å². The zero-order chi connectivity index (χ0) is 22.7. The van der Waals surface area contributed by atoms with E-state index in [1.165, 1.54) is 4.90 Å². The minimum Gasteiger partial charge on any atom is -0.486 e. The number of halogens is 1. The molecule has 166 valence electrons. The van der Waals surface area contributed by atoms with E-state index >= 15 is 0 Å². The van der Waals surface area contributed by atoms with E-state index in [2.05, 4.69) is 16.4 Å². The number of alkyl halides is 1. The van der Waals surface area contributed by atoms with Gasteiger partial charge in [-0.3, -0.25) is 9.59 Å². The van der Waals surface area contributed by atoms with Crippen molar-refractivity contribution in [1.29, 1.82) is 5.26 Å². The average molecular weight is 438 g/mol. The molecule has 2 fully saturated rings. The van der Waals surface area contributed by atoms with Crippen LogP contribution in [0.1, 0.15) is 24.8 Å². The number of likely N-dealkylation sites (tertiary alicyclic amines) is 1. The number of amides is 2. The molecule has 0 bridgehead atoms. The second-order valence-electron chi connectivity index (χ2n) is 7.97. The Balaban J connectivity index is 1.47. The summed E-state index contributed by atoms with van der Waals surface area (Å²) in [7, 11) is 0. The smallest absolute Gasteiger partial charge is 0.248 e. The average Bonchev–Trinajstić information content (AvgIpc) is 3.66. The molecule has 32 heavy (non-hydrogen) atoms. The van der Waals surface area contributed by atoms with Crippen molar-refractivity contribution < 1.29 is 23.8 Å². The Morgan fingerprint density at radius 2 is 2.03 bits per heavy atom. The van der Waals surface area contributed by atoms with E-state index in [0.717, 1.165) is 24.0 Å². The van der Waals surface area contributed by atoms with E-state index in [1.807, 2.05) is 0 Å². The van der Waals surface area contributed by atoms with Crippen molar-refractivity contribution in [3.8, 4) is 22.9 Å². The molecule has 2 aromatic rings. The topological polar surface area (TPSA) is 116 Å². The number of pyridine rings is 1. The van der Waals surface area contributed by atoms with E-state index < -0.39 is 24.8 Å². The van der Waals surface area contributed by atoms with Crippen LogP contribution in [0.3, 0.4) is 0 Å². The fourth-order valence-corrected chi connectivity index (χ4v) is 3.66. The predicted molar refractivity (Wildman–Crippen MR) is 113 cm³/mol. The highest BCUT2D eigenvalue weighted by Crippen LogP contribution is 2.32. The van der Waals surface area contributed by atoms with E-state index in [1.54, 1.807) is 36.5 Å². The third-order valence-electron chi connectivity index (χ3n) is 5.64. The molecule has 2 atom stereocenters. The maximum absolute atomic E-state index is 14.5. The number of hydrogen-bond acceptors (Lipinski definition) is 6. The summed E-state index contributed by atoms with van der Waals surface area (Å²) in [5.74, 6) is 0.224. The van der Waals surface area contributed by atoms with Crippen molar-refractivity contribution >= 4 is 17.6 Å². The lowest BCUT2D eigenvalue weighted by atomic mass is 10.0. The molecule has 2 amide bonds. The number of aromatic nitrogens is 1. The number of carbonyl (C=O) groups excluding carboxylic acids is 2. The van der Waals surface area contributed by atoms with Crippen LogP contribution in [0.4, 0.5) is 10.2 Å². The van der Waals surface area contributed by atoms with Crippen LogP contribution in [0.5, 0.6) is 5.75 Å². The molecule has 2 heterocycles. The number of piperidine rings is 1. The Labute approximate surface area is 184 Å². The SMILES string of the molecule is N#Cc1cc(-c2ccnc(NC(=O)C3CC3)c2)ccc1O[C@H]1CCN(C(=O)CO)C[C@H]1F. The van der Waals surface area contributed by atoms with Crippen molar-refractivity contribution in [2.75, 3.05) is 25.0 Å². The van der Waals surface area contributed by atoms with Gasteiger partial charge in [0.25, 0.3) is 0 Å².